The number of rotatable bonds is 22. The van der Waals surface area contributed by atoms with Gasteiger partial charge in [0, 0.05) is 58.6 Å². The smallest absolute Gasteiger partial charge is 0.346 e. The Bertz CT molecular complexity index is 4530. The van der Waals surface area contributed by atoms with Crippen molar-refractivity contribution in [1.29, 1.82) is 10.5 Å². The number of hydrogen-bond acceptors (Lipinski definition) is 8. The molecule has 0 unspecified atom stereocenters. The summed E-state index contributed by atoms with van der Waals surface area (Å²) in [5.41, 5.74) is 19.2. The van der Waals surface area contributed by atoms with Crippen LogP contribution in [0.1, 0.15) is 157 Å². The zero-order valence-electron chi connectivity index (χ0n) is 52.0. The van der Waals surface area contributed by atoms with Crippen LogP contribution in [0.4, 0.5) is 17.1 Å². The van der Waals surface area contributed by atoms with Gasteiger partial charge in [-0.3, -0.25) is 0 Å². The molecule has 0 spiro atoms. The Morgan fingerprint density at radius 3 is 1.47 bits per heavy atom. The number of carboxylic acids is 1. The standard InChI is InChI=1S/C81H73N3O4S2/c1-7-9-11-14-24-55-44-61(46-57(50-82)79(85)86)89-75(55)40-32-52-30-36-67-69(42-52)77(54-22-16-13-17-23-54)70-43-53(33-41-76-56(25-15-12-10-8-2)45-62(90-76)49-60(51-83)88-87)31-37-68(70)78(67)84(58-34-38-65-63-26-18-20-28-71(63)80(3,4)73(65)47-58)59-35-39-66-64-27-19-21-29-72(64)81(5,6)74(66)48-59/h13,16-23,26-49,87H,7-12,14-15,24-25H2,1-6H3,(H,85,86)/b40-32+,41-33+,57-46+,60-49+. The maximum absolute atomic E-state index is 12.0. The molecule has 8 aromatic carbocycles. The third kappa shape index (κ3) is 11.8. The number of unbranched alkanes of at least 4 members (excludes halogenated alkanes) is 6. The van der Waals surface area contributed by atoms with Gasteiger partial charge in [-0.05, 0) is 181 Å². The van der Waals surface area contributed by atoms with Gasteiger partial charge in [-0.2, -0.15) is 10.5 Å². The number of thiophene rings is 2. The van der Waals surface area contributed by atoms with Crippen LogP contribution in [0.2, 0.25) is 0 Å². The Morgan fingerprint density at radius 2 is 1.00 bits per heavy atom. The van der Waals surface area contributed by atoms with Crippen molar-refractivity contribution in [2.24, 2.45) is 0 Å². The number of allylic oxidation sites excluding steroid dienone is 1. The molecule has 90 heavy (non-hydrogen) atoms. The van der Waals surface area contributed by atoms with E-state index in [0.29, 0.717) is 0 Å². The third-order valence-electron chi connectivity index (χ3n) is 18.4. The summed E-state index contributed by atoms with van der Waals surface area (Å²) in [5, 5.41) is 43.1. The van der Waals surface area contributed by atoms with Gasteiger partial charge in [0.15, 0.2) is 0 Å². The third-order valence-corrected chi connectivity index (χ3v) is 20.5. The SMILES string of the molecule is CCCCCCc1cc(/C=C(\C#N)OO)sc1/C=C/c1ccc2c(N(c3ccc4c(c3)C(C)(C)c3ccccc3-4)c3ccc4c(c3)C(C)(C)c3ccccc3-4)c3ccc(/C=C/c4sc(/C=C(\C#N)C(=O)O)cc4CCCCCC)cc3c(-c3ccccc3)c2c1. The number of carboxylic acid groups (broad SMARTS) is 1. The normalized spacial score (nSPS) is 13.8. The van der Waals surface area contributed by atoms with Crippen LogP contribution >= 0.6 is 22.7 Å². The molecule has 2 heterocycles. The Kier molecular flexibility index (Phi) is 17.6. The molecule has 12 rings (SSSR count). The largest absolute Gasteiger partial charge is 0.477 e. The monoisotopic (exact) mass is 1220 g/mol. The maximum atomic E-state index is 12.0. The van der Waals surface area contributed by atoms with E-state index in [1.807, 2.05) is 12.1 Å². The molecule has 0 saturated carbocycles. The zero-order valence-corrected chi connectivity index (χ0v) is 53.6. The van der Waals surface area contributed by atoms with Crippen LogP contribution in [-0.2, 0) is 33.4 Å². The summed E-state index contributed by atoms with van der Waals surface area (Å²) in [6, 6.07) is 64.4. The number of fused-ring (bicyclic) bond motifs is 8. The Labute approximate surface area is 537 Å². The van der Waals surface area contributed by atoms with Crippen LogP contribution in [0.15, 0.2) is 175 Å². The molecule has 0 saturated heterocycles. The van der Waals surface area contributed by atoms with E-state index in [1.54, 1.807) is 17.4 Å². The van der Waals surface area contributed by atoms with Crippen molar-refractivity contribution in [2.45, 2.75) is 117 Å². The highest BCUT2D eigenvalue weighted by atomic mass is 32.1. The van der Waals surface area contributed by atoms with Gasteiger partial charge in [-0.1, -0.05) is 207 Å². The van der Waals surface area contributed by atoms with E-state index in [1.165, 1.54) is 67.5 Å². The van der Waals surface area contributed by atoms with Gasteiger partial charge in [0.25, 0.3) is 0 Å². The van der Waals surface area contributed by atoms with Gasteiger partial charge in [0.05, 0.1) is 5.69 Å². The molecule has 0 amide bonds. The molecular formula is C81H73N3O4S2. The highest BCUT2D eigenvalue weighted by Crippen LogP contribution is 2.56. The number of aliphatic carboxylic acids is 1. The van der Waals surface area contributed by atoms with Gasteiger partial charge >= 0.3 is 5.97 Å². The van der Waals surface area contributed by atoms with Crippen LogP contribution in [0.25, 0.3) is 91.4 Å². The van der Waals surface area contributed by atoms with E-state index in [9.17, 15) is 25.7 Å². The molecular weight excluding hydrogens is 1140 g/mol. The average Bonchev–Trinajstić information content (AvgIpc) is 1.31. The number of hydrogen-bond donors (Lipinski definition) is 2. The van der Waals surface area contributed by atoms with E-state index < -0.39 is 5.97 Å². The van der Waals surface area contributed by atoms with E-state index in [-0.39, 0.29) is 22.2 Å². The topological polar surface area (TPSA) is 118 Å². The Balaban J connectivity index is 1.11. The fourth-order valence-corrected chi connectivity index (χ4v) is 15.8. The molecule has 9 heteroatoms. The summed E-state index contributed by atoms with van der Waals surface area (Å²) in [5.74, 6) is -1.39. The minimum atomic E-state index is -1.24. The van der Waals surface area contributed by atoms with Gasteiger partial charge in [0.1, 0.15) is 17.7 Å². The van der Waals surface area contributed by atoms with Gasteiger partial charge in [-0.15, -0.1) is 22.7 Å². The summed E-state index contributed by atoms with van der Waals surface area (Å²) in [6.07, 6.45) is 22.4. The first-order valence-corrected chi connectivity index (χ1v) is 33.2. The van der Waals surface area contributed by atoms with Gasteiger partial charge < -0.3 is 14.9 Å². The summed E-state index contributed by atoms with van der Waals surface area (Å²) in [6.45, 7) is 13.8. The fourth-order valence-electron chi connectivity index (χ4n) is 13.7. The van der Waals surface area contributed by atoms with Crippen LogP contribution in [0.5, 0.6) is 0 Å². The number of nitrogens with zero attached hydrogens (tertiary/aromatic N) is 3. The predicted molar refractivity (Wildman–Crippen MR) is 377 cm³/mol. The molecule has 0 radical (unpaired) electrons. The number of nitriles is 2. The average molecular weight is 1220 g/mol. The number of aryl methyl sites for hydroxylation is 2. The van der Waals surface area contributed by atoms with Crippen molar-refractivity contribution < 1.29 is 20.0 Å². The molecule has 7 nitrogen and oxygen atoms in total. The fraction of sp³-hybridized carbons (Fsp3) is 0.222. The first-order valence-electron chi connectivity index (χ1n) is 31.5. The second-order valence-electron chi connectivity index (χ2n) is 24.9. The molecule has 2 aliphatic carbocycles. The lowest BCUT2D eigenvalue weighted by Gasteiger charge is -2.32. The van der Waals surface area contributed by atoms with Crippen molar-refractivity contribution in [3.05, 3.63) is 239 Å². The van der Waals surface area contributed by atoms with Gasteiger partial charge in [0.2, 0.25) is 5.76 Å². The molecule has 10 aromatic rings. The van der Waals surface area contributed by atoms with Crippen LogP contribution < -0.4 is 4.90 Å². The van der Waals surface area contributed by atoms with Crippen molar-refractivity contribution in [2.75, 3.05) is 4.90 Å². The van der Waals surface area contributed by atoms with Crippen LogP contribution in [0, 0.1) is 22.7 Å². The van der Waals surface area contributed by atoms with Crippen molar-refractivity contribution in [3.8, 4) is 45.5 Å². The highest BCUT2D eigenvalue weighted by molar-refractivity contribution is 7.14. The molecule has 2 N–H and O–H groups in total. The summed E-state index contributed by atoms with van der Waals surface area (Å²) >= 11 is 3.09. The minimum Gasteiger partial charge on any atom is -0.477 e. The summed E-state index contributed by atoms with van der Waals surface area (Å²) < 4.78 is 0. The number of anilines is 3. The predicted octanol–water partition coefficient (Wildman–Crippen LogP) is 22.8. The van der Waals surface area contributed by atoms with E-state index >= 15 is 0 Å². The van der Waals surface area contributed by atoms with Crippen LogP contribution in [0.3, 0.4) is 0 Å². The van der Waals surface area contributed by atoms with E-state index in [2.05, 4.69) is 239 Å². The first-order chi connectivity index (χ1) is 43.7. The lowest BCUT2D eigenvalue weighted by Crippen LogP contribution is -2.18. The highest BCUT2D eigenvalue weighted by Gasteiger charge is 2.38. The van der Waals surface area contributed by atoms with Crippen molar-refractivity contribution in [3.63, 3.8) is 0 Å². The second kappa shape index (κ2) is 26.0. The quantitative estimate of drug-likeness (QED) is 0.0132. The lowest BCUT2D eigenvalue weighted by molar-refractivity contribution is -0.195. The number of carbonyl (C=O) groups is 1. The van der Waals surface area contributed by atoms with Crippen LogP contribution in [-0.4, -0.2) is 16.3 Å². The minimum absolute atomic E-state index is 0.158. The summed E-state index contributed by atoms with van der Waals surface area (Å²) in [4.78, 5) is 22.7. The molecule has 2 aromatic heterocycles. The van der Waals surface area contributed by atoms with Gasteiger partial charge in [-0.25, -0.2) is 10.1 Å². The summed E-state index contributed by atoms with van der Waals surface area (Å²) in [7, 11) is 0. The zero-order chi connectivity index (χ0) is 62.7. The van der Waals surface area contributed by atoms with Crippen molar-refractivity contribution in [1.82, 2.24) is 0 Å². The Hall–Kier alpha value is -9.35. The molecule has 0 atom stereocenters. The van der Waals surface area contributed by atoms with Crippen molar-refractivity contribution >= 4 is 104 Å². The second-order valence-corrected chi connectivity index (χ2v) is 27.1. The number of benzene rings is 8. The Morgan fingerprint density at radius 1 is 0.522 bits per heavy atom. The van der Waals surface area contributed by atoms with E-state index in [4.69, 9.17) is 0 Å². The first kappa shape index (κ1) is 60.9. The molecule has 0 fully saturated rings. The molecule has 0 aliphatic heterocycles. The lowest BCUT2D eigenvalue weighted by atomic mass is 9.82. The molecule has 448 valence electrons. The molecule has 0 bridgehead atoms. The maximum Gasteiger partial charge on any atom is 0.346 e. The van der Waals surface area contributed by atoms with E-state index in [0.717, 1.165) is 150 Å². The molecule has 2 aliphatic rings.